The molecule has 0 atom stereocenters. The van der Waals surface area contributed by atoms with E-state index in [0.29, 0.717) is 5.69 Å². The number of amides is 2. The summed E-state index contributed by atoms with van der Waals surface area (Å²) in [6.45, 7) is 1.91. The lowest BCUT2D eigenvalue weighted by Crippen LogP contribution is -2.18. The van der Waals surface area contributed by atoms with Crippen molar-refractivity contribution in [1.29, 1.82) is 0 Å². The third-order valence-electron chi connectivity index (χ3n) is 4.31. The first-order valence-electron chi connectivity index (χ1n) is 8.93. The largest absolute Gasteiger partial charge is 0.322 e. The first-order valence-corrected chi connectivity index (χ1v) is 11.2. The minimum atomic E-state index is -3.51. The summed E-state index contributed by atoms with van der Waals surface area (Å²) in [6.07, 6.45) is 1.04. The fourth-order valence-corrected chi connectivity index (χ4v) is 3.66. The number of anilines is 2. The van der Waals surface area contributed by atoms with E-state index in [1.807, 2.05) is 25.1 Å². The van der Waals surface area contributed by atoms with Crippen LogP contribution in [0, 0.1) is 6.92 Å². The van der Waals surface area contributed by atoms with Crippen molar-refractivity contribution in [3.05, 3.63) is 88.4 Å². The molecule has 0 aliphatic carbocycles. The lowest BCUT2D eigenvalue weighted by molar-refractivity contribution is 0.102. The Labute approximate surface area is 179 Å². The maximum absolute atomic E-state index is 12.8. The van der Waals surface area contributed by atoms with Crippen molar-refractivity contribution in [3.63, 3.8) is 0 Å². The van der Waals surface area contributed by atoms with E-state index in [1.54, 1.807) is 30.3 Å². The van der Waals surface area contributed by atoms with Gasteiger partial charge in [-0.3, -0.25) is 9.59 Å². The van der Waals surface area contributed by atoms with Crippen LogP contribution >= 0.6 is 11.6 Å². The SMILES string of the molecule is Cc1cccc(NC(=O)c2ccccc2NC(=O)c2cc(S(C)(=O)=O)ccc2Cl)c1. The lowest BCUT2D eigenvalue weighted by atomic mass is 10.1. The molecule has 154 valence electrons. The number of carbonyl (C=O) groups is 2. The highest BCUT2D eigenvalue weighted by Gasteiger charge is 2.18. The second-order valence-corrected chi connectivity index (χ2v) is 9.16. The monoisotopic (exact) mass is 442 g/mol. The van der Waals surface area contributed by atoms with Gasteiger partial charge in [0.2, 0.25) is 0 Å². The molecule has 0 saturated carbocycles. The number of halogens is 1. The molecule has 2 N–H and O–H groups in total. The maximum atomic E-state index is 12.8. The van der Waals surface area contributed by atoms with Gasteiger partial charge in [-0.2, -0.15) is 0 Å². The van der Waals surface area contributed by atoms with Crippen molar-refractivity contribution in [2.24, 2.45) is 0 Å². The molecule has 0 heterocycles. The second kappa shape index (κ2) is 8.69. The van der Waals surface area contributed by atoms with E-state index in [1.165, 1.54) is 18.2 Å². The van der Waals surface area contributed by atoms with E-state index in [0.717, 1.165) is 11.8 Å². The number of hydrogen-bond donors (Lipinski definition) is 2. The Bertz CT molecular complexity index is 1240. The summed E-state index contributed by atoms with van der Waals surface area (Å²) in [6, 6.07) is 17.7. The average molecular weight is 443 g/mol. The van der Waals surface area contributed by atoms with Crippen LogP contribution in [0.1, 0.15) is 26.3 Å². The molecule has 2 amide bonds. The zero-order valence-corrected chi connectivity index (χ0v) is 17.8. The summed E-state index contributed by atoms with van der Waals surface area (Å²) in [4.78, 5) is 25.5. The highest BCUT2D eigenvalue weighted by Crippen LogP contribution is 2.24. The summed E-state index contributed by atoms with van der Waals surface area (Å²) >= 11 is 6.10. The van der Waals surface area contributed by atoms with E-state index >= 15 is 0 Å². The van der Waals surface area contributed by atoms with Crippen LogP contribution in [0.15, 0.2) is 71.6 Å². The van der Waals surface area contributed by atoms with Crippen LogP contribution in [0.25, 0.3) is 0 Å². The molecule has 0 unspecified atom stereocenters. The topological polar surface area (TPSA) is 92.3 Å². The van der Waals surface area contributed by atoms with Gasteiger partial charge in [0.25, 0.3) is 11.8 Å². The van der Waals surface area contributed by atoms with E-state index in [-0.39, 0.29) is 26.7 Å². The number of carbonyl (C=O) groups excluding carboxylic acids is 2. The number of sulfone groups is 1. The third kappa shape index (κ3) is 5.06. The number of hydrogen-bond acceptors (Lipinski definition) is 4. The van der Waals surface area contributed by atoms with Gasteiger partial charge in [0.1, 0.15) is 0 Å². The van der Waals surface area contributed by atoms with Gasteiger partial charge in [0.05, 0.1) is 26.7 Å². The molecule has 0 aliphatic heterocycles. The Morgan fingerprint density at radius 3 is 2.23 bits per heavy atom. The molecule has 0 spiro atoms. The quantitative estimate of drug-likeness (QED) is 0.606. The highest BCUT2D eigenvalue weighted by atomic mass is 35.5. The molecule has 0 aromatic heterocycles. The van der Waals surface area contributed by atoms with Gasteiger partial charge in [-0.15, -0.1) is 0 Å². The van der Waals surface area contributed by atoms with Crippen molar-refractivity contribution >= 4 is 44.6 Å². The van der Waals surface area contributed by atoms with Crippen molar-refractivity contribution in [3.8, 4) is 0 Å². The van der Waals surface area contributed by atoms with Crippen LogP contribution in [0.2, 0.25) is 5.02 Å². The normalized spacial score (nSPS) is 11.0. The first-order chi connectivity index (χ1) is 14.1. The predicted molar refractivity (Wildman–Crippen MR) is 118 cm³/mol. The van der Waals surface area contributed by atoms with Crippen LogP contribution in [0.4, 0.5) is 11.4 Å². The van der Waals surface area contributed by atoms with Gasteiger partial charge in [0, 0.05) is 11.9 Å². The minimum Gasteiger partial charge on any atom is -0.322 e. The number of rotatable bonds is 5. The highest BCUT2D eigenvalue weighted by molar-refractivity contribution is 7.90. The molecule has 3 aromatic carbocycles. The summed E-state index contributed by atoms with van der Waals surface area (Å²) in [5.74, 6) is -1.02. The summed E-state index contributed by atoms with van der Waals surface area (Å²) in [5.41, 5.74) is 2.14. The van der Waals surface area contributed by atoms with E-state index in [9.17, 15) is 18.0 Å². The average Bonchev–Trinajstić information content (AvgIpc) is 2.67. The van der Waals surface area contributed by atoms with E-state index in [2.05, 4.69) is 10.6 Å². The molecule has 3 aromatic rings. The van der Waals surface area contributed by atoms with Crippen LogP contribution in [0.5, 0.6) is 0 Å². The molecular formula is C22H19ClN2O4S. The standard InChI is InChI=1S/C22H19ClN2O4S/c1-14-6-5-7-15(12-14)24-21(26)17-8-3-4-9-20(17)25-22(27)18-13-16(30(2,28)29)10-11-19(18)23/h3-13H,1-2H3,(H,24,26)(H,25,27). The molecular weight excluding hydrogens is 424 g/mol. The number of para-hydroxylation sites is 1. The fourth-order valence-electron chi connectivity index (χ4n) is 2.81. The van der Waals surface area contributed by atoms with Crippen molar-refractivity contribution in [1.82, 2.24) is 0 Å². The van der Waals surface area contributed by atoms with E-state index in [4.69, 9.17) is 11.6 Å². The van der Waals surface area contributed by atoms with Gasteiger partial charge < -0.3 is 10.6 Å². The molecule has 3 rings (SSSR count). The second-order valence-electron chi connectivity index (χ2n) is 6.74. The Morgan fingerprint density at radius 2 is 1.53 bits per heavy atom. The van der Waals surface area contributed by atoms with Crippen molar-refractivity contribution in [2.45, 2.75) is 11.8 Å². The smallest absolute Gasteiger partial charge is 0.257 e. The molecule has 30 heavy (non-hydrogen) atoms. The molecule has 0 fully saturated rings. The molecule has 8 heteroatoms. The van der Waals surface area contributed by atoms with Gasteiger partial charge >= 0.3 is 0 Å². The van der Waals surface area contributed by atoms with Crippen LogP contribution in [-0.2, 0) is 9.84 Å². The summed E-state index contributed by atoms with van der Waals surface area (Å²) in [5, 5.41) is 5.54. The number of benzene rings is 3. The summed E-state index contributed by atoms with van der Waals surface area (Å²) in [7, 11) is -3.51. The molecule has 0 radical (unpaired) electrons. The van der Waals surface area contributed by atoms with E-state index < -0.39 is 21.7 Å². The molecule has 0 bridgehead atoms. The number of aryl methyl sites for hydroxylation is 1. The van der Waals surface area contributed by atoms with Crippen molar-refractivity contribution < 1.29 is 18.0 Å². The van der Waals surface area contributed by atoms with Crippen LogP contribution < -0.4 is 10.6 Å². The third-order valence-corrected chi connectivity index (χ3v) is 5.75. The van der Waals surface area contributed by atoms with Crippen LogP contribution in [0.3, 0.4) is 0 Å². The predicted octanol–water partition coefficient (Wildman–Crippen LogP) is 4.56. The zero-order valence-electron chi connectivity index (χ0n) is 16.3. The molecule has 6 nitrogen and oxygen atoms in total. The van der Waals surface area contributed by atoms with Gasteiger partial charge in [-0.25, -0.2) is 8.42 Å². The Kier molecular flexibility index (Phi) is 6.24. The first kappa shape index (κ1) is 21.5. The Balaban J connectivity index is 1.88. The molecule has 0 aliphatic rings. The fraction of sp³-hybridized carbons (Fsp3) is 0.0909. The number of nitrogens with one attached hydrogen (secondary N) is 2. The van der Waals surface area contributed by atoms with Gasteiger partial charge in [-0.05, 0) is 55.0 Å². The summed E-state index contributed by atoms with van der Waals surface area (Å²) < 4.78 is 23.6. The molecule has 0 saturated heterocycles. The maximum Gasteiger partial charge on any atom is 0.257 e. The van der Waals surface area contributed by atoms with Crippen molar-refractivity contribution in [2.75, 3.05) is 16.9 Å². The van der Waals surface area contributed by atoms with Crippen LogP contribution in [-0.4, -0.2) is 26.5 Å². The Morgan fingerprint density at radius 1 is 0.833 bits per heavy atom. The minimum absolute atomic E-state index is 0.00603. The zero-order chi connectivity index (χ0) is 21.9. The van der Waals surface area contributed by atoms with Gasteiger partial charge in [0.15, 0.2) is 9.84 Å². The van der Waals surface area contributed by atoms with Gasteiger partial charge in [-0.1, -0.05) is 35.9 Å². The Hall–Kier alpha value is -3.16. The lowest BCUT2D eigenvalue weighted by Gasteiger charge is -2.13.